The van der Waals surface area contributed by atoms with E-state index in [0.29, 0.717) is 5.56 Å². The van der Waals surface area contributed by atoms with E-state index in [-0.39, 0.29) is 17.3 Å². The highest BCUT2D eigenvalue weighted by Gasteiger charge is 2.32. The largest absolute Gasteiger partial charge is 0.573 e. The number of nitrogens with two attached hydrogens (primary N) is 2. The summed E-state index contributed by atoms with van der Waals surface area (Å²) in [4.78, 5) is 0. The second-order valence-electron chi connectivity index (χ2n) is 2.73. The Labute approximate surface area is 88.8 Å². The van der Waals surface area contributed by atoms with Gasteiger partial charge in [-0.25, -0.2) is 0 Å². The summed E-state index contributed by atoms with van der Waals surface area (Å²) >= 11 is 5.52. The van der Waals surface area contributed by atoms with Gasteiger partial charge < -0.3 is 16.2 Å². The summed E-state index contributed by atoms with van der Waals surface area (Å²) in [6.45, 7) is 0.0111. The zero-order valence-electron chi connectivity index (χ0n) is 7.44. The van der Waals surface area contributed by atoms with Crippen LogP contribution in [0, 0.1) is 0 Å². The van der Waals surface area contributed by atoms with Crippen molar-refractivity contribution in [2.24, 2.45) is 5.73 Å². The Hall–Kier alpha value is -1.14. The molecular weight excluding hydrogens is 233 g/mol. The van der Waals surface area contributed by atoms with Crippen LogP contribution >= 0.6 is 11.6 Å². The fourth-order valence-electron chi connectivity index (χ4n) is 0.991. The quantitative estimate of drug-likeness (QED) is 0.780. The topological polar surface area (TPSA) is 61.3 Å². The van der Waals surface area contributed by atoms with Gasteiger partial charge in [0.2, 0.25) is 0 Å². The monoisotopic (exact) mass is 240 g/mol. The van der Waals surface area contributed by atoms with E-state index in [9.17, 15) is 13.2 Å². The van der Waals surface area contributed by atoms with Gasteiger partial charge in [-0.15, -0.1) is 13.2 Å². The standard InChI is InChI=1S/C8H8ClF3N2O/c9-5-2-6(14)4(3-13)1-7(5)15-8(10,11)12/h1-2H,3,13-14H2. The van der Waals surface area contributed by atoms with Crippen LogP contribution in [-0.2, 0) is 6.54 Å². The molecule has 84 valence electrons. The lowest BCUT2D eigenvalue weighted by Crippen LogP contribution is -2.18. The minimum Gasteiger partial charge on any atom is -0.404 e. The van der Waals surface area contributed by atoms with Gasteiger partial charge >= 0.3 is 6.36 Å². The van der Waals surface area contributed by atoms with Crippen molar-refractivity contribution in [2.45, 2.75) is 12.9 Å². The summed E-state index contributed by atoms with van der Waals surface area (Å²) in [6.07, 6.45) is -4.79. The molecule has 4 N–H and O–H groups in total. The minimum atomic E-state index is -4.79. The molecule has 0 aliphatic rings. The molecule has 3 nitrogen and oxygen atoms in total. The van der Waals surface area contributed by atoms with Crippen LogP contribution in [0.4, 0.5) is 18.9 Å². The maximum atomic E-state index is 11.9. The normalized spacial score (nSPS) is 11.5. The molecule has 7 heteroatoms. The zero-order valence-corrected chi connectivity index (χ0v) is 8.19. The lowest BCUT2D eigenvalue weighted by atomic mass is 10.2. The van der Waals surface area contributed by atoms with E-state index in [1.54, 1.807) is 0 Å². The van der Waals surface area contributed by atoms with Gasteiger partial charge in [0, 0.05) is 12.2 Å². The second kappa shape index (κ2) is 4.16. The summed E-state index contributed by atoms with van der Waals surface area (Å²) < 4.78 is 39.4. The molecule has 0 bridgehead atoms. The van der Waals surface area contributed by atoms with Gasteiger partial charge in [0.25, 0.3) is 0 Å². The fraction of sp³-hybridized carbons (Fsp3) is 0.250. The van der Waals surface area contributed by atoms with E-state index < -0.39 is 12.1 Å². The summed E-state index contributed by atoms with van der Waals surface area (Å²) in [7, 11) is 0. The molecule has 0 saturated carbocycles. The van der Waals surface area contributed by atoms with E-state index in [2.05, 4.69) is 4.74 Å². The smallest absolute Gasteiger partial charge is 0.404 e. The molecule has 0 fully saturated rings. The van der Waals surface area contributed by atoms with Crippen molar-refractivity contribution in [3.63, 3.8) is 0 Å². The third-order valence-electron chi connectivity index (χ3n) is 1.64. The van der Waals surface area contributed by atoms with Crippen molar-refractivity contribution in [1.82, 2.24) is 0 Å². The average Bonchev–Trinajstić information content (AvgIpc) is 2.07. The predicted molar refractivity (Wildman–Crippen MR) is 50.4 cm³/mol. The number of halogens is 4. The number of ether oxygens (including phenoxy) is 1. The lowest BCUT2D eigenvalue weighted by Gasteiger charge is -2.12. The summed E-state index contributed by atoms with van der Waals surface area (Å²) in [5, 5.41) is -0.206. The number of alkyl halides is 3. The SMILES string of the molecule is NCc1cc(OC(F)(F)F)c(Cl)cc1N. The van der Waals surface area contributed by atoms with Gasteiger partial charge in [-0.1, -0.05) is 11.6 Å². The van der Waals surface area contributed by atoms with Crippen LogP contribution in [0.2, 0.25) is 5.02 Å². The van der Waals surface area contributed by atoms with Crippen molar-refractivity contribution in [3.05, 3.63) is 22.7 Å². The molecule has 0 amide bonds. The van der Waals surface area contributed by atoms with Crippen LogP contribution in [0.25, 0.3) is 0 Å². The van der Waals surface area contributed by atoms with Crippen molar-refractivity contribution in [3.8, 4) is 5.75 Å². The lowest BCUT2D eigenvalue weighted by molar-refractivity contribution is -0.274. The highest BCUT2D eigenvalue weighted by atomic mass is 35.5. The van der Waals surface area contributed by atoms with E-state index in [1.165, 1.54) is 6.07 Å². The maximum Gasteiger partial charge on any atom is 0.573 e. The highest BCUT2D eigenvalue weighted by molar-refractivity contribution is 6.32. The molecule has 0 radical (unpaired) electrons. The minimum absolute atomic E-state index is 0.0111. The Bertz CT molecular complexity index is 368. The van der Waals surface area contributed by atoms with Crippen LogP contribution in [0.3, 0.4) is 0 Å². The Morgan fingerprint density at radius 3 is 2.40 bits per heavy atom. The molecule has 1 aromatic rings. The third kappa shape index (κ3) is 3.17. The van der Waals surface area contributed by atoms with Crippen molar-refractivity contribution >= 4 is 17.3 Å². The summed E-state index contributed by atoms with van der Waals surface area (Å²) in [5.41, 5.74) is 11.3. The molecule has 0 aliphatic heterocycles. The van der Waals surface area contributed by atoms with Crippen LogP contribution in [0.1, 0.15) is 5.56 Å². The Balaban J connectivity index is 3.08. The number of nitrogen functional groups attached to an aromatic ring is 1. The Morgan fingerprint density at radius 2 is 1.93 bits per heavy atom. The third-order valence-corrected chi connectivity index (χ3v) is 1.93. The first-order valence-electron chi connectivity index (χ1n) is 3.87. The van der Waals surface area contributed by atoms with Crippen LogP contribution in [0.5, 0.6) is 5.75 Å². The summed E-state index contributed by atoms with van der Waals surface area (Å²) in [6, 6.07) is 2.25. The number of benzene rings is 1. The molecule has 0 unspecified atom stereocenters. The van der Waals surface area contributed by atoms with Crippen LogP contribution in [0.15, 0.2) is 12.1 Å². The molecule has 0 aromatic heterocycles. The molecule has 0 spiro atoms. The fourth-order valence-corrected chi connectivity index (χ4v) is 1.20. The van der Waals surface area contributed by atoms with Gasteiger partial charge in [-0.2, -0.15) is 0 Å². The number of hydrogen-bond donors (Lipinski definition) is 2. The van der Waals surface area contributed by atoms with Gasteiger partial charge in [-0.3, -0.25) is 0 Å². The molecule has 0 saturated heterocycles. The highest BCUT2D eigenvalue weighted by Crippen LogP contribution is 2.33. The molecule has 1 aromatic carbocycles. The first-order valence-corrected chi connectivity index (χ1v) is 4.25. The molecule has 0 aliphatic carbocycles. The average molecular weight is 241 g/mol. The molecule has 0 heterocycles. The van der Waals surface area contributed by atoms with E-state index in [1.807, 2.05) is 0 Å². The first-order chi connectivity index (χ1) is 6.83. The molecule has 0 atom stereocenters. The summed E-state index contributed by atoms with van der Waals surface area (Å²) in [5.74, 6) is -0.501. The van der Waals surface area contributed by atoms with Gasteiger partial charge in [0.1, 0.15) is 5.75 Å². The van der Waals surface area contributed by atoms with Gasteiger partial charge in [-0.05, 0) is 17.7 Å². The number of hydrogen-bond acceptors (Lipinski definition) is 3. The van der Waals surface area contributed by atoms with Crippen molar-refractivity contribution in [1.29, 1.82) is 0 Å². The van der Waals surface area contributed by atoms with Crippen molar-refractivity contribution < 1.29 is 17.9 Å². The maximum absolute atomic E-state index is 11.9. The van der Waals surface area contributed by atoms with Crippen LogP contribution < -0.4 is 16.2 Å². The first kappa shape index (κ1) is 11.9. The Morgan fingerprint density at radius 1 is 1.33 bits per heavy atom. The molecular formula is C8H8ClF3N2O. The number of rotatable bonds is 2. The van der Waals surface area contributed by atoms with Gasteiger partial charge in [0.05, 0.1) is 5.02 Å². The van der Waals surface area contributed by atoms with Crippen LogP contribution in [-0.4, -0.2) is 6.36 Å². The molecule has 15 heavy (non-hydrogen) atoms. The zero-order chi connectivity index (χ0) is 11.6. The predicted octanol–water partition coefficient (Wildman–Crippen LogP) is 2.28. The van der Waals surface area contributed by atoms with Crippen molar-refractivity contribution in [2.75, 3.05) is 5.73 Å². The van der Waals surface area contributed by atoms with E-state index >= 15 is 0 Å². The Kier molecular flexibility index (Phi) is 3.31. The van der Waals surface area contributed by atoms with E-state index in [4.69, 9.17) is 23.1 Å². The molecule has 1 rings (SSSR count). The van der Waals surface area contributed by atoms with Gasteiger partial charge in [0.15, 0.2) is 0 Å². The van der Waals surface area contributed by atoms with E-state index in [0.717, 1.165) is 6.07 Å². The number of anilines is 1. The second-order valence-corrected chi connectivity index (χ2v) is 3.14.